The monoisotopic (exact) mass is 452 g/mol. The summed E-state index contributed by atoms with van der Waals surface area (Å²) in [5.41, 5.74) is 1.77. The highest BCUT2D eigenvalue weighted by Gasteiger charge is 2.22. The van der Waals surface area contributed by atoms with Crippen molar-refractivity contribution in [1.82, 2.24) is 10.1 Å². The Bertz CT molecular complexity index is 1200. The van der Waals surface area contributed by atoms with Crippen molar-refractivity contribution in [3.05, 3.63) is 89.0 Å². The van der Waals surface area contributed by atoms with Crippen LogP contribution in [0.25, 0.3) is 11.3 Å². The number of ether oxygens (including phenoxy) is 2. The standard InChI is InChI=1S/C24H21ClN2O5/c1-29-21-10-9-16(12-23(21)30-2)22-13-17(26-32-22)14-27(15-18-6-5-11-31-18)24(28)19-7-3-4-8-20(19)25/h3-13H,14-15H2,1-2H3. The molecule has 8 heteroatoms. The third-order valence-corrected chi connectivity index (χ3v) is 5.23. The molecule has 4 rings (SSSR count). The second-order valence-corrected chi connectivity index (χ2v) is 7.38. The predicted octanol–water partition coefficient (Wildman–Crippen LogP) is 5.45. The van der Waals surface area contributed by atoms with Crippen molar-refractivity contribution in [2.75, 3.05) is 14.2 Å². The summed E-state index contributed by atoms with van der Waals surface area (Å²) >= 11 is 6.26. The van der Waals surface area contributed by atoms with E-state index < -0.39 is 0 Å². The van der Waals surface area contributed by atoms with Crippen molar-refractivity contribution in [3.8, 4) is 22.8 Å². The fourth-order valence-corrected chi connectivity index (χ4v) is 3.52. The van der Waals surface area contributed by atoms with Crippen molar-refractivity contribution >= 4 is 17.5 Å². The number of furan rings is 1. The van der Waals surface area contributed by atoms with E-state index in [1.54, 1.807) is 73.9 Å². The molecule has 4 aromatic rings. The number of rotatable bonds is 8. The molecule has 0 aliphatic carbocycles. The summed E-state index contributed by atoms with van der Waals surface area (Å²) in [5.74, 6) is 2.16. The zero-order valence-corrected chi connectivity index (χ0v) is 18.3. The van der Waals surface area contributed by atoms with Crippen molar-refractivity contribution in [2.24, 2.45) is 0 Å². The van der Waals surface area contributed by atoms with E-state index in [1.807, 2.05) is 12.1 Å². The first-order chi connectivity index (χ1) is 15.6. The van der Waals surface area contributed by atoms with Gasteiger partial charge in [0.05, 0.1) is 44.2 Å². The lowest BCUT2D eigenvalue weighted by atomic mass is 10.1. The average Bonchev–Trinajstić information content (AvgIpc) is 3.50. The average molecular weight is 453 g/mol. The zero-order chi connectivity index (χ0) is 22.5. The molecule has 0 unspecified atom stereocenters. The van der Waals surface area contributed by atoms with Crippen molar-refractivity contribution in [1.29, 1.82) is 0 Å². The van der Waals surface area contributed by atoms with Crippen LogP contribution in [0.15, 0.2) is 75.9 Å². The third kappa shape index (κ3) is 4.63. The van der Waals surface area contributed by atoms with Gasteiger partial charge in [-0.25, -0.2) is 0 Å². The van der Waals surface area contributed by atoms with Gasteiger partial charge in [-0.3, -0.25) is 4.79 Å². The van der Waals surface area contributed by atoms with Gasteiger partial charge in [-0.15, -0.1) is 0 Å². The van der Waals surface area contributed by atoms with E-state index in [2.05, 4.69) is 5.16 Å². The second-order valence-electron chi connectivity index (χ2n) is 6.97. The molecule has 2 heterocycles. The molecule has 0 atom stereocenters. The fourth-order valence-electron chi connectivity index (χ4n) is 3.30. The summed E-state index contributed by atoms with van der Waals surface area (Å²) in [4.78, 5) is 14.8. The summed E-state index contributed by atoms with van der Waals surface area (Å²) in [6.07, 6.45) is 1.57. The normalized spacial score (nSPS) is 10.7. The maximum absolute atomic E-state index is 13.2. The number of aromatic nitrogens is 1. The number of halogens is 1. The van der Waals surface area contributed by atoms with Crippen LogP contribution in [0.1, 0.15) is 21.8 Å². The molecule has 164 valence electrons. The van der Waals surface area contributed by atoms with Gasteiger partial charge in [0, 0.05) is 11.6 Å². The Morgan fingerprint density at radius 3 is 2.53 bits per heavy atom. The largest absolute Gasteiger partial charge is 0.493 e. The van der Waals surface area contributed by atoms with Crippen LogP contribution in [0.5, 0.6) is 11.5 Å². The van der Waals surface area contributed by atoms with E-state index in [4.69, 9.17) is 30.0 Å². The Morgan fingerprint density at radius 1 is 1.00 bits per heavy atom. The van der Waals surface area contributed by atoms with E-state index in [1.165, 1.54) is 0 Å². The summed E-state index contributed by atoms with van der Waals surface area (Å²) in [6, 6.07) is 17.8. The summed E-state index contributed by atoms with van der Waals surface area (Å²) < 4.78 is 21.6. The van der Waals surface area contributed by atoms with Crippen LogP contribution in [0, 0.1) is 0 Å². The van der Waals surface area contributed by atoms with Crippen LogP contribution >= 0.6 is 11.6 Å². The molecule has 0 saturated carbocycles. The van der Waals surface area contributed by atoms with Gasteiger partial charge >= 0.3 is 0 Å². The molecule has 0 spiro atoms. The number of amides is 1. The Morgan fingerprint density at radius 2 is 1.81 bits per heavy atom. The lowest BCUT2D eigenvalue weighted by molar-refractivity contribution is 0.0714. The first-order valence-corrected chi connectivity index (χ1v) is 10.2. The predicted molar refractivity (Wildman–Crippen MR) is 119 cm³/mol. The molecule has 0 bridgehead atoms. The lowest BCUT2D eigenvalue weighted by Crippen LogP contribution is -2.30. The van der Waals surface area contributed by atoms with Gasteiger partial charge in [-0.05, 0) is 42.5 Å². The molecule has 1 amide bonds. The molecular weight excluding hydrogens is 432 g/mol. The number of carbonyl (C=O) groups is 1. The van der Waals surface area contributed by atoms with Crippen LogP contribution in [0.3, 0.4) is 0 Å². The van der Waals surface area contributed by atoms with Gasteiger partial charge in [0.1, 0.15) is 11.5 Å². The fraction of sp³-hybridized carbons (Fsp3) is 0.167. The van der Waals surface area contributed by atoms with Gasteiger partial charge in [0.2, 0.25) is 0 Å². The minimum absolute atomic E-state index is 0.210. The molecule has 0 fully saturated rings. The van der Waals surface area contributed by atoms with Gasteiger partial charge in [0.25, 0.3) is 5.91 Å². The minimum Gasteiger partial charge on any atom is -0.493 e. The van der Waals surface area contributed by atoms with Crippen molar-refractivity contribution in [2.45, 2.75) is 13.1 Å². The van der Waals surface area contributed by atoms with Gasteiger partial charge in [-0.1, -0.05) is 28.9 Å². The molecule has 0 aliphatic heterocycles. The highest BCUT2D eigenvalue weighted by atomic mass is 35.5. The van der Waals surface area contributed by atoms with E-state index >= 15 is 0 Å². The van der Waals surface area contributed by atoms with Crippen LogP contribution in [0.4, 0.5) is 0 Å². The highest BCUT2D eigenvalue weighted by molar-refractivity contribution is 6.33. The number of carbonyl (C=O) groups excluding carboxylic acids is 1. The topological polar surface area (TPSA) is 77.9 Å². The Hall–Kier alpha value is -3.71. The van der Waals surface area contributed by atoms with Gasteiger partial charge in [0.15, 0.2) is 17.3 Å². The molecule has 7 nitrogen and oxygen atoms in total. The Balaban J connectivity index is 1.60. The third-order valence-electron chi connectivity index (χ3n) is 4.90. The molecule has 0 saturated heterocycles. The number of hydrogen-bond acceptors (Lipinski definition) is 6. The maximum atomic E-state index is 13.2. The van der Waals surface area contributed by atoms with Crippen LogP contribution in [-0.4, -0.2) is 30.2 Å². The maximum Gasteiger partial charge on any atom is 0.256 e. The molecular formula is C24H21ClN2O5. The SMILES string of the molecule is COc1ccc(-c2cc(CN(Cc3ccco3)C(=O)c3ccccc3Cl)no2)cc1OC. The summed E-state index contributed by atoms with van der Waals surface area (Å²) in [6.45, 7) is 0.469. The quantitative estimate of drug-likeness (QED) is 0.354. The van der Waals surface area contributed by atoms with E-state index in [0.717, 1.165) is 5.56 Å². The number of methoxy groups -OCH3 is 2. The first kappa shape index (κ1) is 21.5. The molecule has 0 N–H and O–H groups in total. The second kappa shape index (κ2) is 9.62. The molecule has 2 aromatic heterocycles. The van der Waals surface area contributed by atoms with E-state index in [-0.39, 0.29) is 19.0 Å². The van der Waals surface area contributed by atoms with Crippen LogP contribution in [-0.2, 0) is 13.1 Å². The minimum atomic E-state index is -0.234. The molecule has 2 aromatic carbocycles. The highest BCUT2D eigenvalue weighted by Crippen LogP contribution is 2.32. The van der Waals surface area contributed by atoms with E-state index in [9.17, 15) is 4.79 Å². The number of benzene rings is 2. The molecule has 32 heavy (non-hydrogen) atoms. The smallest absolute Gasteiger partial charge is 0.256 e. The lowest BCUT2D eigenvalue weighted by Gasteiger charge is -2.21. The Kier molecular flexibility index (Phi) is 6.47. The van der Waals surface area contributed by atoms with Crippen LogP contribution in [0.2, 0.25) is 5.02 Å². The van der Waals surface area contributed by atoms with Crippen LogP contribution < -0.4 is 9.47 Å². The zero-order valence-electron chi connectivity index (χ0n) is 17.6. The van der Waals surface area contributed by atoms with Crippen molar-refractivity contribution in [3.63, 3.8) is 0 Å². The Labute approximate surface area is 190 Å². The first-order valence-electron chi connectivity index (χ1n) is 9.83. The van der Waals surface area contributed by atoms with Crippen molar-refractivity contribution < 1.29 is 23.2 Å². The summed E-state index contributed by atoms with van der Waals surface area (Å²) in [7, 11) is 3.15. The van der Waals surface area contributed by atoms with Gasteiger partial charge < -0.3 is 23.3 Å². The summed E-state index contributed by atoms with van der Waals surface area (Å²) in [5, 5.41) is 4.54. The number of nitrogens with zero attached hydrogens (tertiary/aromatic N) is 2. The van der Waals surface area contributed by atoms with Gasteiger partial charge in [-0.2, -0.15) is 0 Å². The number of hydrogen-bond donors (Lipinski definition) is 0. The molecule has 0 radical (unpaired) electrons. The van der Waals surface area contributed by atoms with E-state index in [0.29, 0.717) is 39.3 Å². The molecule has 0 aliphatic rings.